The number of aryl methyl sites for hydroxylation is 1. The third-order valence-corrected chi connectivity index (χ3v) is 7.12. The summed E-state index contributed by atoms with van der Waals surface area (Å²) in [5, 5.41) is 5.78. The highest BCUT2D eigenvalue weighted by atomic mass is 16.5. The Labute approximate surface area is 216 Å². The fourth-order valence-electron chi connectivity index (χ4n) is 4.99. The summed E-state index contributed by atoms with van der Waals surface area (Å²) in [7, 11) is 0. The largest absolute Gasteiger partial charge is 0.480 e. The van der Waals surface area contributed by atoms with E-state index in [4.69, 9.17) is 4.74 Å². The Morgan fingerprint density at radius 1 is 0.919 bits per heavy atom. The van der Waals surface area contributed by atoms with Gasteiger partial charge in [0.25, 0.3) is 17.7 Å². The molecule has 7 heteroatoms. The van der Waals surface area contributed by atoms with Gasteiger partial charge in [0.1, 0.15) is 5.75 Å². The van der Waals surface area contributed by atoms with Gasteiger partial charge in [-0.15, -0.1) is 0 Å². The van der Waals surface area contributed by atoms with Gasteiger partial charge in [-0.3, -0.25) is 14.4 Å². The van der Waals surface area contributed by atoms with Crippen molar-refractivity contribution in [2.24, 2.45) is 0 Å². The summed E-state index contributed by atoms with van der Waals surface area (Å²) in [6.45, 7) is 4.75. The minimum atomic E-state index is -0.605. The van der Waals surface area contributed by atoms with E-state index in [9.17, 15) is 14.4 Å². The monoisotopic (exact) mass is 497 g/mol. The highest BCUT2D eigenvalue weighted by Crippen LogP contribution is 2.29. The van der Waals surface area contributed by atoms with E-state index in [1.165, 1.54) is 0 Å². The maximum atomic E-state index is 13.0. The molecule has 0 radical (unpaired) electrons. The number of likely N-dealkylation sites (tertiary alicyclic amines) is 1. The van der Waals surface area contributed by atoms with Gasteiger partial charge in [-0.25, -0.2) is 0 Å². The van der Waals surface area contributed by atoms with Crippen molar-refractivity contribution in [1.82, 2.24) is 4.90 Å². The number of nitrogens with zero attached hydrogens (tertiary/aromatic N) is 1. The molecule has 37 heavy (non-hydrogen) atoms. The fourth-order valence-corrected chi connectivity index (χ4v) is 4.99. The molecule has 2 heterocycles. The number of piperidine rings is 1. The topological polar surface area (TPSA) is 87.7 Å². The second kappa shape index (κ2) is 10.5. The molecule has 0 aliphatic carbocycles. The van der Waals surface area contributed by atoms with Crippen molar-refractivity contribution in [3.05, 3.63) is 89.0 Å². The summed E-state index contributed by atoms with van der Waals surface area (Å²) < 4.78 is 5.76. The Morgan fingerprint density at radius 3 is 2.54 bits per heavy atom. The van der Waals surface area contributed by atoms with Gasteiger partial charge < -0.3 is 20.3 Å². The van der Waals surface area contributed by atoms with Gasteiger partial charge in [-0.1, -0.05) is 24.3 Å². The molecule has 5 rings (SSSR count). The average molecular weight is 498 g/mol. The van der Waals surface area contributed by atoms with E-state index in [2.05, 4.69) is 17.6 Å². The Hall–Kier alpha value is -4.13. The quantitative estimate of drug-likeness (QED) is 0.507. The molecule has 0 bridgehead atoms. The average Bonchev–Trinajstić information content (AvgIpc) is 3.34. The first-order valence-corrected chi connectivity index (χ1v) is 12.8. The smallest absolute Gasteiger partial charge is 0.265 e. The van der Waals surface area contributed by atoms with Crippen molar-refractivity contribution in [2.45, 2.75) is 51.7 Å². The zero-order valence-corrected chi connectivity index (χ0v) is 21.1. The summed E-state index contributed by atoms with van der Waals surface area (Å²) in [6.07, 6.45) is 3.12. The molecule has 1 saturated heterocycles. The molecule has 0 aromatic heterocycles. The summed E-state index contributed by atoms with van der Waals surface area (Å²) >= 11 is 0. The molecule has 0 spiro atoms. The Kier molecular flexibility index (Phi) is 6.95. The van der Waals surface area contributed by atoms with Crippen LogP contribution in [0.15, 0.2) is 66.7 Å². The van der Waals surface area contributed by atoms with E-state index in [0.717, 1.165) is 42.7 Å². The first-order chi connectivity index (χ1) is 17.9. The fraction of sp³-hybridized carbons (Fsp3) is 0.300. The molecule has 3 aromatic rings. The van der Waals surface area contributed by atoms with Crippen molar-refractivity contribution in [1.29, 1.82) is 0 Å². The Morgan fingerprint density at radius 2 is 1.76 bits per heavy atom. The number of hydrogen-bond donors (Lipinski definition) is 2. The molecule has 0 saturated carbocycles. The normalized spacial score (nSPS) is 18.5. The number of amides is 3. The predicted octanol–water partition coefficient (Wildman–Crippen LogP) is 5.20. The summed E-state index contributed by atoms with van der Waals surface area (Å²) in [6, 6.07) is 20.0. The van der Waals surface area contributed by atoms with Crippen LogP contribution in [-0.2, 0) is 11.2 Å². The lowest BCUT2D eigenvalue weighted by atomic mass is 10.0. The van der Waals surface area contributed by atoms with Crippen LogP contribution in [-0.4, -0.2) is 41.3 Å². The first-order valence-electron chi connectivity index (χ1n) is 12.8. The lowest BCUT2D eigenvalue weighted by Crippen LogP contribution is -2.42. The van der Waals surface area contributed by atoms with Gasteiger partial charge in [-0.05, 0) is 86.7 Å². The molecule has 7 nitrogen and oxygen atoms in total. The van der Waals surface area contributed by atoms with Gasteiger partial charge in [0, 0.05) is 41.5 Å². The molecule has 2 aliphatic rings. The van der Waals surface area contributed by atoms with E-state index < -0.39 is 6.10 Å². The number of carbonyl (C=O) groups is 3. The molecular formula is C30H31N3O4. The number of benzene rings is 3. The van der Waals surface area contributed by atoms with E-state index in [1.54, 1.807) is 36.4 Å². The van der Waals surface area contributed by atoms with Gasteiger partial charge in [0.05, 0.1) is 0 Å². The molecule has 2 unspecified atom stereocenters. The van der Waals surface area contributed by atoms with Crippen LogP contribution in [0.1, 0.15) is 58.0 Å². The summed E-state index contributed by atoms with van der Waals surface area (Å²) in [5.74, 6) is 0.204. The Balaban J connectivity index is 1.22. The Bertz CT molecular complexity index is 1330. The highest BCUT2D eigenvalue weighted by Gasteiger charge is 2.29. The number of para-hydroxylation sites is 1. The number of nitrogens with one attached hydrogen (secondary N) is 2. The van der Waals surface area contributed by atoms with Gasteiger partial charge in [0.2, 0.25) is 0 Å². The molecule has 2 N–H and O–H groups in total. The number of rotatable bonds is 5. The third kappa shape index (κ3) is 5.35. The lowest BCUT2D eigenvalue weighted by Gasteiger charge is -2.33. The molecular weight excluding hydrogens is 466 g/mol. The van der Waals surface area contributed by atoms with Gasteiger partial charge >= 0.3 is 0 Å². The first kappa shape index (κ1) is 24.6. The van der Waals surface area contributed by atoms with Gasteiger partial charge in [0.15, 0.2) is 6.10 Å². The number of anilines is 2. The minimum Gasteiger partial charge on any atom is -0.480 e. The lowest BCUT2D eigenvalue weighted by molar-refractivity contribution is -0.122. The molecule has 190 valence electrons. The molecule has 1 fully saturated rings. The maximum absolute atomic E-state index is 13.0. The molecule has 3 aromatic carbocycles. The van der Waals surface area contributed by atoms with Crippen LogP contribution >= 0.6 is 0 Å². The second-order valence-electron chi connectivity index (χ2n) is 9.82. The number of fused-ring (bicyclic) bond motifs is 1. The molecule has 2 atom stereocenters. The zero-order valence-electron chi connectivity index (χ0n) is 21.1. The number of carbonyl (C=O) groups excluding carboxylic acids is 3. The zero-order chi connectivity index (χ0) is 25.9. The highest BCUT2D eigenvalue weighted by molar-refractivity contribution is 6.06. The standard InChI is InChI=1S/C30H31N3O4/c1-19-16-23(30(36)33-15-6-5-8-20(33)2)13-14-25(19)32-28(34)22-10-7-11-24(17-22)31-29(35)27-18-21-9-3-4-12-26(21)37-27/h3-4,7,9-14,16-17,20,27H,5-6,8,15,18H2,1-2H3,(H,31,35)(H,32,34). The van der Waals surface area contributed by atoms with Crippen LogP contribution in [0, 0.1) is 6.92 Å². The molecule has 3 amide bonds. The van der Waals surface area contributed by atoms with E-state index in [1.807, 2.05) is 42.2 Å². The van der Waals surface area contributed by atoms with Crippen LogP contribution < -0.4 is 15.4 Å². The minimum absolute atomic E-state index is 0.0333. The summed E-state index contributed by atoms with van der Waals surface area (Å²) in [4.78, 5) is 40.7. The van der Waals surface area contributed by atoms with E-state index in [-0.39, 0.29) is 23.8 Å². The van der Waals surface area contributed by atoms with Crippen LogP contribution in [0.4, 0.5) is 11.4 Å². The number of hydrogen-bond acceptors (Lipinski definition) is 4. The predicted molar refractivity (Wildman–Crippen MR) is 143 cm³/mol. The van der Waals surface area contributed by atoms with Crippen LogP contribution in [0.5, 0.6) is 5.75 Å². The van der Waals surface area contributed by atoms with Crippen LogP contribution in [0.2, 0.25) is 0 Å². The van der Waals surface area contributed by atoms with Crippen molar-refractivity contribution in [3.8, 4) is 5.75 Å². The van der Waals surface area contributed by atoms with E-state index >= 15 is 0 Å². The third-order valence-electron chi connectivity index (χ3n) is 7.12. The molecule has 2 aliphatic heterocycles. The van der Waals surface area contributed by atoms with Crippen molar-refractivity contribution in [2.75, 3.05) is 17.2 Å². The summed E-state index contributed by atoms with van der Waals surface area (Å²) in [5.41, 5.74) is 4.02. The van der Waals surface area contributed by atoms with Crippen molar-refractivity contribution in [3.63, 3.8) is 0 Å². The van der Waals surface area contributed by atoms with Crippen LogP contribution in [0.25, 0.3) is 0 Å². The van der Waals surface area contributed by atoms with Crippen LogP contribution in [0.3, 0.4) is 0 Å². The number of ether oxygens (including phenoxy) is 1. The van der Waals surface area contributed by atoms with Crippen molar-refractivity contribution < 1.29 is 19.1 Å². The van der Waals surface area contributed by atoms with E-state index in [0.29, 0.717) is 28.9 Å². The SMILES string of the molecule is Cc1cc(C(=O)N2CCCCC2C)ccc1NC(=O)c1cccc(NC(=O)C2Cc3ccccc3O2)c1. The van der Waals surface area contributed by atoms with Gasteiger partial charge in [-0.2, -0.15) is 0 Å². The maximum Gasteiger partial charge on any atom is 0.265 e. The van der Waals surface area contributed by atoms with Crippen molar-refractivity contribution >= 4 is 29.1 Å². The second-order valence-corrected chi connectivity index (χ2v) is 9.82.